The number of unbranched alkanes of at least 4 members (excludes halogenated alkanes) is 2. The van der Waals surface area contributed by atoms with Gasteiger partial charge >= 0.3 is 6.61 Å². The summed E-state index contributed by atoms with van der Waals surface area (Å²) < 4.78 is 29.1. The van der Waals surface area contributed by atoms with Crippen LogP contribution in [0.5, 0.6) is 5.75 Å². The van der Waals surface area contributed by atoms with Crippen molar-refractivity contribution in [2.75, 3.05) is 0 Å². The number of hydrogen-bond acceptors (Lipinski definition) is 1. The van der Waals surface area contributed by atoms with Crippen molar-refractivity contribution in [1.82, 2.24) is 0 Å². The summed E-state index contributed by atoms with van der Waals surface area (Å²) >= 11 is 0. The monoisotopic (exact) mass is 470 g/mol. The van der Waals surface area contributed by atoms with Gasteiger partial charge in [-0.15, -0.1) is 0 Å². The number of benzene rings is 2. The molecule has 1 saturated heterocycles. The lowest BCUT2D eigenvalue weighted by Gasteiger charge is -2.37. The van der Waals surface area contributed by atoms with E-state index in [9.17, 15) is 8.78 Å². The first-order valence-corrected chi connectivity index (χ1v) is 15.7. The highest BCUT2D eigenvalue weighted by Crippen LogP contribution is 2.44. The van der Waals surface area contributed by atoms with E-state index in [2.05, 4.69) is 35.9 Å². The molecule has 0 aromatic heterocycles. The van der Waals surface area contributed by atoms with Crippen molar-refractivity contribution < 1.29 is 13.5 Å². The Morgan fingerprint density at radius 3 is 1.94 bits per heavy atom. The van der Waals surface area contributed by atoms with Crippen molar-refractivity contribution in [3.8, 4) is 16.9 Å². The molecular formula is C29H40F2OSi. The predicted octanol–water partition coefficient (Wildman–Crippen LogP) is 9.06. The average molecular weight is 471 g/mol. The highest BCUT2D eigenvalue weighted by molar-refractivity contribution is 6.58. The Labute approximate surface area is 200 Å². The summed E-state index contributed by atoms with van der Waals surface area (Å²) in [5.74, 6) is 2.88. The molecule has 2 fully saturated rings. The first kappa shape index (κ1) is 24.4. The van der Waals surface area contributed by atoms with Gasteiger partial charge in [0.25, 0.3) is 0 Å². The Morgan fingerprint density at radius 1 is 0.788 bits per heavy atom. The summed E-state index contributed by atoms with van der Waals surface area (Å²) in [6, 6.07) is 20.7. The van der Waals surface area contributed by atoms with Crippen molar-refractivity contribution in [3.05, 3.63) is 54.1 Å². The minimum absolute atomic E-state index is 0.203. The molecule has 0 bridgehead atoms. The van der Waals surface area contributed by atoms with Gasteiger partial charge in [-0.25, -0.2) is 0 Å². The molecule has 0 unspecified atom stereocenters. The molecule has 2 aliphatic rings. The Morgan fingerprint density at radius 2 is 1.36 bits per heavy atom. The van der Waals surface area contributed by atoms with Gasteiger partial charge in [0.1, 0.15) is 5.75 Å². The molecule has 33 heavy (non-hydrogen) atoms. The van der Waals surface area contributed by atoms with E-state index in [1.54, 1.807) is 30.3 Å². The van der Waals surface area contributed by atoms with E-state index in [-0.39, 0.29) is 5.75 Å². The zero-order valence-electron chi connectivity index (χ0n) is 20.2. The topological polar surface area (TPSA) is 9.23 Å². The molecule has 1 nitrogen and oxygen atoms in total. The second-order valence-electron chi connectivity index (χ2n) is 10.4. The Balaban J connectivity index is 1.24. The summed E-state index contributed by atoms with van der Waals surface area (Å²) in [5, 5.41) is 0. The second-order valence-corrected chi connectivity index (χ2v) is 13.9. The average Bonchev–Trinajstić information content (AvgIpc) is 2.85. The van der Waals surface area contributed by atoms with Crippen LogP contribution in [0.25, 0.3) is 11.1 Å². The molecule has 0 spiro atoms. The summed E-state index contributed by atoms with van der Waals surface area (Å²) in [7, 11) is -0.393. The fraction of sp³-hybridized carbons (Fsp3) is 0.586. The van der Waals surface area contributed by atoms with Gasteiger partial charge in [-0.3, -0.25) is 0 Å². The van der Waals surface area contributed by atoms with Gasteiger partial charge in [0, 0.05) is 8.80 Å². The van der Waals surface area contributed by atoms with E-state index in [4.69, 9.17) is 0 Å². The van der Waals surface area contributed by atoms with Crippen LogP contribution in [0.1, 0.15) is 76.2 Å². The number of ether oxygens (including phenoxy) is 1. The molecule has 180 valence electrons. The molecule has 1 aliphatic heterocycles. The van der Waals surface area contributed by atoms with Crippen LogP contribution in [0.2, 0.25) is 18.1 Å². The standard InChI is InChI=1S/C29H40F2OSi/c1-2-3-4-19-33-20-17-27(18-21-33)25-11-9-23(10-12-25)22-5-7-24(8-6-22)26-13-15-28(16-14-26)32-29(30)31/h5-8,13-16,23,25,27,29,33H,2-4,9-12,17-21H2,1H3/t23-,25-,27?,33?. The Bertz CT molecular complexity index is 820. The number of halogens is 2. The van der Waals surface area contributed by atoms with E-state index >= 15 is 0 Å². The van der Waals surface area contributed by atoms with E-state index in [1.165, 1.54) is 63.4 Å². The summed E-state index contributed by atoms with van der Waals surface area (Å²) in [6.07, 6.45) is 12.9. The fourth-order valence-corrected chi connectivity index (χ4v) is 9.86. The zero-order valence-corrected chi connectivity index (χ0v) is 21.3. The lowest BCUT2D eigenvalue weighted by Crippen LogP contribution is -2.28. The van der Waals surface area contributed by atoms with Gasteiger partial charge in [-0.2, -0.15) is 8.78 Å². The molecule has 0 N–H and O–H groups in total. The first-order chi connectivity index (χ1) is 16.1. The summed E-state index contributed by atoms with van der Waals surface area (Å²) in [6.45, 7) is -0.462. The van der Waals surface area contributed by atoms with Crippen LogP contribution < -0.4 is 4.74 Å². The fourth-order valence-electron chi connectivity index (χ4n) is 6.33. The maximum atomic E-state index is 12.3. The van der Waals surface area contributed by atoms with Gasteiger partial charge in [0.15, 0.2) is 0 Å². The van der Waals surface area contributed by atoms with Crippen molar-refractivity contribution in [1.29, 1.82) is 0 Å². The van der Waals surface area contributed by atoms with Crippen LogP contribution in [0.15, 0.2) is 48.5 Å². The first-order valence-electron chi connectivity index (χ1n) is 13.3. The molecule has 4 rings (SSSR count). The maximum Gasteiger partial charge on any atom is 0.387 e. The van der Waals surface area contributed by atoms with Crippen LogP contribution in [-0.2, 0) is 0 Å². The van der Waals surface area contributed by atoms with Crippen molar-refractivity contribution in [3.63, 3.8) is 0 Å². The van der Waals surface area contributed by atoms with Crippen LogP contribution >= 0.6 is 0 Å². The molecule has 0 atom stereocenters. The van der Waals surface area contributed by atoms with E-state index < -0.39 is 15.4 Å². The largest absolute Gasteiger partial charge is 0.435 e. The minimum Gasteiger partial charge on any atom is -0.435 e. The molecule has 1 saturated carbocycles. The molecule has 0 radical (unpaired) electrons. The van der Waals surface area contributed by atoms with Crippen molar-refractivity contribution >= 4 is 8.80 Å². The predicted molar refractivity (Wildman–Crippen MR) is 137 cm³/mol. The van der Waals surface area contributed by atoms with Crippen LogP contribution in [0, 0.1) is 11.8 Å². The smallest absolute Gasteiger partial charge is 0.387 e. The lowest BCUT2D eigenvalue weighted by molar-refractivity contribution is -0.0498. The van der Waals surface area contributed by atoms with Gasteiger partial charge in [-0.1, -0.05) is 93.6 Å². The number of hydrogen-bond donors (Lipinski definition) is 0. The van der Waals surface area contributed by atoms with Crippen LogP contribution in [-0.4, -0.2) is 15.4 Å². The van der Waals surface area contributed by atoms with Gasteiger partial charge < -0.3 is 4.74 Å². The molecule has 0 amide bonds. The summed E-state index contributed by atoms with van der Waals surface area (Å²) in [4.78, 5) is 0. The Kier molecular flexibility index (Phi) is 9.00. The van der Waals surface area contributed by atoms with E-state index in [1.807, 2.05) is 12.1 Å². The van der Waals surface area contributed by atoms with E-state index in [0.717, 1.165) is 23.0 Å². The normalized spacial score (nSPS) is 25.8. The Hall–Kier alpha value is -1.68. The molecule has 4 heteroatoms. The van der Waals surface area contributed by atoms with Gasteiger partial charge in [0.2, 0.25) is 0 Å². The third-order valence-corrected chi connectivity index (χ3v) is 11.9. The highest BCUT2D eigenvalue weighted by Gasteiger charge is 2.31. The molecule has 1 heterocycles. The van der Waals surface area contributed by atoms with Crippen LogP contribution in [0.4, 0.5) is 8.78 Å². The van der Waals surface area contributed by atoms with Gasteiger partial charge in [-0.05, 0) is 72.3 Å². The molecular weight excluding hydrogens is 430 g/mol. The zero-order chi connectivity index (χ0) is 23.0. The lowest BCUT2D eigenvalue weighted by atomic mass is 9.72. The quantitative estimate of drug-likeness (QED) is 0.262. The van der Waals surface area contributed by atoms with Crippen molar-refractivity contribution in [2.45, 2.75) is 95.4 Å². The summed E-state index contributed by atoms with van der Waals surface area (Å²) in [5.41, 5.74) is 3.61. The van der Waals surface area contributed by atoms with Crippen molar-refractivity contribution in [2.24, 2.45) is 11.8 Å². The highest BCUT2D eigenvalue weighted by atomic mass is 28.3. The van der Waals surface area contributed by atoms with Crippen LogP contribution in [0.3, 0.4) is 0 Å². The third kappa shape index (κ3) is 6.91. The molecule has 2 aromatic rings. The number of alkyl halides is 2. The molecule has 2 aromatic carbocycles. The molecule has 1 aliphatic carbocycles. The number of rotatable bonds is 9. The third-order valence-electron chi connectivity index (χ3n) is 8.34. The second kappa shape index (κ2) is 12.1. The van der Waals surface area contributed by atoms with Gasteiger partial charge in [0.05, 0.1) is 0 Å². The van der Waals surface area contributed by atoms with E-state index in [0.29, 0.717) is 5.92 Å². The SMILES string of the molecule is CCCCC[SiH]1CCC([C@H]2CC[C@H](c3ccc(-c4ccc(OC(F)F)cc4)cc3)CC2)CC1. The minimum atomic E-state index is -2.78. The maximum absolute atomic E-state index is 12.3.